The van der Waals surface area contributed by atoms with Crippen LogP contribution in [0.4, 0.5) is 5.69 Å². The van der Waals surface area contributed by atoms with Crippen molar-refractivity contribution >= 4 is 29.9 Å². The summed E-state index contributed by atoms with van der Waals surface area (Å²) in [6, 6.07) is 7.41. The minimum absolute atomic E-state index is 0. The van der Waals surface area contributed by atoms with Gasteiger partial charge in [-0.1, -0.05) is 6.92 Å². The summed E-state index contributed by atoms with van der Waals surface area (Å²) in [5, 5.41) is 2.92. The first-order valence-corrected chi connectivity index (χ1v) is 8.91. The number of benzene rings is 1. The molecule has 0 bridgehead atoms. The SMILES string of the molecule is CC(N)C1CCN(C(=O)c2ccc(NC(=O)C3CC3C)cc2)CC1.Cl. The van der Waals surface area contributed by atoms with Crippen LogP contribution in [0.2, 0.25) is 0 Å². The van der Waals surface area contributed by atoms with Crippen molar-refractivity contribution in [1.29, 1.82) is 0 Å². The van der Waals surface area contributed by atoms with Crippen molar-refractivity contribution < 1.29 is 9.59 Å². The van der Waals surface area contributed by atoms with E-state index in [9.17, 15) is 9.59 Å². The van der Waals surface area contributed by atoms with E-state index in [0.717, 1.165) is 38.0 Å². The van der Waals surface area contributed by atoms with Crippen LogP contribution in [0.25, 0.3) is 0 Å². The lowest BCUT2D eigenvalue weighted by molar-refractivity contribution is -0.117. The highest BCUT2D eigenvalue weighted by Gasteiger charge is 2.39. The van der Waals surface area contributed by atoms with E-state index in [1.54, 1.807) is 12.1 Å². The molecule has 1 heterocycles. The van der Waals surface area contributed by atoms with Gasteiger partial charge in [-0.15, -0.1) is 12.4 Å². The van der Waals surface area contributed by atoms with E-state index in [1.807, 2.05) is 24.0 Å². The fourth-order valence-electron chi connectivity index (χ4n) is 3.43. The maximum atomic E-state index is 12.6. The number of hydrogen-bond acceptors (Lipinski definition) is 3. The van der Waals surface area contributed by atoms with Crippen LogP contribution in [0.3, 0.4) is 0 Å². The average molecular weight is 366 g/mol. The van der Waals surface area contributed by atoms with Gasteiger partial charge in [0.15, 0.2) is 0 Å². The monoisotopic (exact) mass is 365 g/mol. The normalized spacial score (nSPS) is 24.2. The highest BCUT2D eigenvalue weighted by Crippen LogP contribution is 2.38. The highest BCUT2D eigenvalue weighted by molar-refractivity contribution is 5.97. The number of nitrogens with one attached hydrogen (secondary N) is 1. The smallest absolute Gasteiger partial charge is 0.253 e. The number of anilines is 1. The molecule has 3 atom stereocenters. The molecule has 0 aromatic heterocycles. The molecule has 1 aliphatic carbocycles. The summed E-state index contributed by atoms with van der Waals surface area (Å²) in [5.41, 5.74) is 7.38. The molecule has 0 spiro atoms. The molecule has 6 heteroatoms. The molecule has 1 aliphatic heterocycles. The van der Waals surface area contributed by atoms with E-state index in [1.165, 1.54) is 0 Å². The van der Waals surface area contributed by atoms with Gasteiger partial charge in [0.25, 0.3) is 5.91 Å². The van der Waals surface area contributed by atoms with Gasteiger partial charge in [-0.25, -0.2) is 0 Å². The van der Waals surface area contributed by atoms with Gasteiger partial charge in [0.2, 0.25) is 5.91 Å². The molecule has 0 radical (unpaired) electrons. The van der Waals surface area contributed by atoms with Crippen LogP contribution in [-0.4, -0.2) is 35.8 Å². The summed E-state index contributed by atoms with van der Waals surface area (Å²) < 4.78 is 0. The van der Waals surface area contributed by atoms with E-state index >= 15 is 0 Å². The van der Waals surface area contributed by atoms with Crippen molar-refractivity contribution in [1.82, 2.24) is 4.90 Å². The first kappa shape index (κ1) is 19.7. The second-order valence-corrected chi connectivity index (χ2v) is 7.37. The second-order valence-electron chi connectivity index (χ2n) is 7.37. The number of halogens is 1. The molecule has 2 amide bonds. The number of piperidine rings is 1. The predicted octanol–water partition coefficient (Wildman–Crippen LogP) is 2.90. The second kappa shape index (κ2) is 8.19. The van der Waals surface area contributed by atoms with Crippen LogP contribution in [0.15, 0.2) is 24.3 Å². The predicted molar refractivity (Wildman–Crippen MR) is 102 cm³/mol. The average Bonchev–Trinajstić information content (AvgIpc) is 3.32. The molecule has 1 aromatic carbocycles. The maximum Gasteiger partial charge on any atom is 0.253 e. The number of hydrogen-bond donors (Lipinski definition) is 2. The minimum Gasteiger partial charge on any atom is -0.339 e. The molecule has 5 nitrogen and oxygen atoms in total. The van der Waals surface area contributed by atoms with Crippen LogP contribution >= 0.6 is 12.4 Å². The van der Waals surface area contributed by atoms with Crippen molar-refractivity contribution in [2.45, 2.75) is 39.2 Å². The number of amides is 2. The molecule has 3 unspecified atom stereocenters. The van der Waals surface area contributed by atoms with Gasteiger partial charge in [-0.05, 0) is 62.3 Å². The molecular weight excluding hydrogens is 338 g/mol. The van der Waals surface area contributed by atoms with E-state index < -0.39 is 0 Å². The molecule has 25 heavy (non-hydrogen) atoms. The Morgan fingerprint density at radius 1 is 1.20 bits per heavy atom. The molecule has 1 saturated heterocycles. The lowest BCUT2D eigenvalue weighted by Gasteiger charge is -2.33. The van der Waals surface area contributed by atoms with Crippen molar-refractivity contribution in [2.24, 2.45) is 23.5 Å². The first-order valence-electron chi connectivity index (χ1n) is 8.91. The molecule has 3 N–H and O–H groups in total. The zero-order valence-corrected chi connectivity index (χ0v) is 15.7. The third-order valence-electron chi connectivity index (χ3n) is 5.42. The van der Waals surface area contributed by atoms with Crippen molar-refractivity contribution in [2.75, 3.05) is 18.4 Å². The molecule has 138 valence electrons. The lowest BCUT2D eigenvalue weighted by Crippen LogP contribution is -2.42. The zero-order valence-electron chi connectivity index (χ0n) is 14.9. The summed E-state index contributed by atoms with van der Waals surface area (Å²) in [7, 11) is 0. The summed E-state index contributed by atoms with van der Waals surface area (Å²) in [5.74, 6) is 1.30. The van der Waals surface area contributed by atoms with Crippen LogP contribution in [0.5, 0.6) is 0 Å². The first-order chi connectivity index (χ1) is 11.5. The summed E-state index contributed by atoms with van der Waals surface area (Å²) in [4.78, 5) is 26.4. The number of nitrogens with zero attached hydrogens (tertiary/aromatic N) is 1. The number of likely N-dealkylation sites (tertiary alicyclic amines) is 1. The van der Waals surface area contributed by atoms with Gasteiger partial charge in [-0.2, -0.15) is 0 Å². The van der Waals surface area contributed by atoms with Crippen LogP contribution in [0, 0.1) is 17.8 Å². The quantitative estimate of drug-likeness (QED) is 0.861. The van der Waals surface area contributed by atoms with Crippen LogP contribution < -0.4 is 11.1 Å². The zero-order chi connectivity index (χ0) is 17.3. The van der Waals surface area contributed by atoms with Crippen molar-refractivity contribution in [3.63, 3.8) is 0 Å². The highest BCUT2D eigenvalue weighted by atomic mass is 35.5. The Morgan fingerprint density at radius 3 is 2.24 bits per heavy atom. The third-order valence-corrected chi connectivity index (χ3v) is 5.42. The van der Waals surface area contributed by atoms with Gasteiger partial charge < -0.3 is 16.0 Å². The number of carbonyl (C=O) groups is 2. The van der Waals surface area contributed by atoms with E-state index in [2.05, 4.69) is 12.2 Å². The van der Waals surface area contributed by atoms with Crippen LogP contribution in [-0.2, 0) is 4.79 Å². The van der Waals surface area contributed by atoms with Crippen molar-refractivity contribution in [3.8, 4) is 0 Å². The van der Waals surface area contributed by atoms with Gasteiger partial charge in [0, 0.05) is 36.3 Å². The Kier molecular flexibility index (Phi) is 6.47. The van der Waals surface area contributed by atoms with E-state index in [-0.39, 0.29) is 36.2 Å². The van der Waals surface area contributed by atoms with E-state index in [4.69, 9.17) is 5.73 Å². The Bertz CT molecular complexity index is 610. The Hall–Kier alpha value is -1.59. The molecule has 2 fully saturated rings. The number of carbonyl (C=O) groups excluding carboxylic acids is 2. The largest absolute Gasteiger partial charge is 0.339 e. The van der Waals surface area contributed by atoms with Crippen molar-refractivity contribution in [3.05, 3.63) is 29.8 Å². The summed E-state index contributed by atoms with van der Waals surface area (Å²) in [6.45, 7) is 5.66. The minimum atomic E-state index is 0. The van der Waals surface area contributed by atoms with Gasteiger partial charge in [0.05, 0.1) is 0 Å². The topological polar surface area (TPSA) is 75.4 Å². The Balaban J connectivity index is 0.00000225. The van der Waals surface area contributed by atoms with Gasteiger partial charge in [-0.3, -0.25) is 9.59 Å². The van der Waals surface area contributed by atoms with E-state index in [0.29, 0.717) is 17.4 Å². The molecule has 3 rings (SSSR count). The molecular formula is C19H28ClN3O2. The Labute approximate surface area is 155 Å². The summed E-state index contributed by atoms with van der Waals surface area (Å²) in [6.07, 6.45) is 2.91. The third kappa shape index (κ3) is 4.73. The van der Waals surface area contributed by atoms with Gasteiger partial charge >= 0.3 is 0 Å². The number of rotatable bonds is 4. The fourth-order valence-corrected chi connectivity index (χ4v) is 3.43. The molecule has 1 aromatic rings. The lowest BCUT2D eigenvalue weighted by atomic mass is 9.90. The van der Waals surface area contributed by atoms with Gasteiger partial charge in [0.1, 0.15) is 0 Å². The fraction of sp³-hybridized carbons (Fsp3) is 0.579. The van der Waals surface area contributed by atoms with Crippen LogP contribution in [0.1, 0.15) is 43.5 Å². The summed E-state index contributed by atoms with van der Waals surface area (Å²) >= 11 is 0. The Morgan fingerprint density at radius 2 is 1.76 bits per heavy atom. The number of nitrogens with two attached hydrogens (primary N) is 1. The standard InChI is InChI=1S/C19H27N3O2.ClH/c1-12-11-17(12)18(23)21-16-5-3-15(4-6-16)19(24)22-9-7-14(8-10-22)13(2)20;/h3-6,12-14,17H,7-11,20H2,1-2H3,(H,21,23);1H. The molecule has 2 aliphatic rings. The molecule has 1 saturated carbocycles. The maximum absolute atomic E-state index is 12.6.